The van der Waals surface area contributed by atoms with Gasteiger partial charge in [0.05, 0.1) is 5.69 Å². The van der Waals surface area contributed by atoms with Crippen LogP contribution in [0.15, 0.2) is 158 Å². The summed E-state index contributed by atoms with van der Waals surface area (Å²) in [6.45, 7) is 43.4. The smallest absolute Gasteiger partial charge is 0.252 e. The highest BCUT2D eigenvalue weighted by molar-refractivity contribution is 7.00. The van der Waals surface area contributed by atoms with E-state index in [0.29, 0.717) is 0 Å². The Bertz CT molecular complexity index is 3790. The fourth-order valence-electron chi connectivity index (χ4n) is 14.5. The minimum atomic E-state index is -0.270. The van der Waals surface area contributed by atoms with Crippen molar-refractivity contribution in [2.24, 2.45) is 0 Å². The van der Waals surface area contributed by atoms with Crippen LogP contribution in [0.4, 0.5) is 34.1 Å². The van der Waals surface area contributed by atoms with Crippen LogP contribution in [0.5, 0.6) is 0 Å². The minimum Gasteiger partial charge on any atom is -0.311 e. The second kappa shape index (κ2) is 18.7. The van der Waals surface area contributed by atoms with Gasteiger partial charge in [0, 0.05) is 39.4 Å². The van der Waals surface area contributed by atoms with Gasteiger partial charge >= 0.3 is 0 Å². The lowest BCUT2D eigenvalue weighted by molar-refractivity contribution is 0.332. The van der Waals surface area contributed by atoms with Crippen molar-refractivity contribution in [3.8, 4) is 22.3 Å². The first-order chi connectivity index (χ1) is 38.0. The van der Waals surface area contributed by atoms with Crippen molar-refractivity contribution in [1.82, 2.24) is 0 Å². The van der Waals surface area contributed by atoms with E-state index in [4.69, 9.17) is 0 Å². The molecule has 8 aromatic carbocycles. The molecule has 8 aromatic rings. The van der Waals surface area contributed by atoms with E-state index in [2.05, 4.69) is 292 Å². The predicted octanol–water partition coefficient (Wildman–Crippen LogP) is 19.8. The van der Waals surface area contributed by atoms with Gasteiger partial charge in [-0.25, -0.2) is 0 Å². The maximum Gasteiger partial charge on any atom is 0.252 e. The predicted molar refractivity (Wildman–Crippen MR) is 352 cm³/mol. The van der Waals surface area contributed by atoms with E-state index in [1.54, 1.807) is 0 Å². The van der Waals surface area contributed by atoms with Crippen molar-refractivity contribution in [3.63, 3.8) is 0 Å². The molecule has 0 saturated carbocycles. The number of hydrogen-bond acceptors (Lipinski definition) is 2. The SMILES string of the molecule is CC(C)c1cc2c3c(c1)N(c1ccc(C(C)(C)C)cc1-c1cccc(-c4ccc(C(C)(C)C)cc4)c1)c1cc(C(C)(C)c4ccccc4)ccc1B3c1cc3c(cc1N2c1ccc2c(c1)C(C)(C)CCC2(C)C)C(C)(C)CCC3(C)C. The zero-order valence-electron chi connectivity index (χ0n) is 52.4. The number of benzene rings is 8. The van der Waals surface area contributed by atoms with E-state index in [1.807, 2.05) is 0 Å². The van der Waals surface area contributed by atoms with E-state index in [0.717, 1.165) is 12.8 Å². The molecule has 2 aliphatic heterocycles. The maximum absolute atomic E-state index is 2.74. The summed E-state index contributed by atoms with van der Waals surface area (Å²) in [7, 11) is 0. The monoisotopic (exact) mass is 1060 g/mol. The Morgan fingerprint density at radius 1 is 0.383 bits per heavy atom. The Morgan fingerprint density at radius 2 is 0.926 bits per heavy atom. The highest BCUT2D eigenvalue weighted by Gasteiger charge is 2.48. The average Bonchev–Trinajstić information content (AvgIpc) is 3.46. The van der Waals surface area contributed by atoms with Gasteiger partial charge in [0.2, 0.25) is 0 Å². The standard InChI is InChI=1S/C78H89BN2/c1-49(2)53-42-69-71-70(43-53)81(66-36-32-56(73(6,7)8)44-59(66)52-24-22-23-51(41-52)50-27-29-54(30-28-50)72(3,4)5)67-45-57(78(17,18)55-25-20-19-21-26-55)31-35-64(67)79(71)65-47-62-63(77(15,16)40-39-76(62,13)14)48-68(65)80(69)58-33-34-60-61(46-58)75(11,12)38-37-74(60,9)10/h19-36,41-49H,37-40H2,1-18H3. The molecule has 81 heavy (non-hydrogen) atoms. The molecule has 2 heterocycles. The topological polar surface area (TPSA) is 6.48 Å². The minimum absolute atomic E-state index is 0.0153. The van der Waals surface area contributed by atoms with Gasteiger partial charge < -0.3 is 9.80 Å². The van der Waals surface area contributed by atoms with Crippen LogP contribution in [0.2, 0.25) is 0 Å². The summed E-state index contributed by atoms with van der Waals surface area (Å²) in [6.07, 6.45) is 4.68. The molecule has 12 rings (SSSR count). The normalized spacial score (nSPS) is 17.5. The first kappa shape index (κ1) is 55.0. The Kier molecular flexibility index (Phi) is 12.7. The molecule has 414 valence electrons. The van der Waals surface area contributed by atoms with Crippen molar-refractivity contribution < 1.29 is 0 Å². The van der Waals surface area contributed by atoms with Crippen molar-refractivity contribution in [1.29, 1.82) is 0 Å². The number of rotatable bonds is 7. The number of anilines is 6. The average molecular weight is 1070 g/mol. The lowest BCUT2D eigenvalue weighted by Gasteiger charge is -2.48. The van der Waals surface area contributed by atoms with E-state index >= 15 is 0 Å². The van der Waals surface area contributed by atoms with Gasteiger partial charge in [-0.1, -0.05) is 228 Å². The second-order valence-electron chi connectivity index (χ2n) is 30.6. The Labute approximate surface area is 488 Å². The highest BCUT2D eigenvalue weighted by atomic mass is 15.2. The van der Waals surface area contributed by atoms with Crippen LogP contribution in [0.25, 0.3) is 22.3 Å². The van der Waals surface area contributed by atoms with Gasteiger partial charge in [0.25, 0.3) is 6.71 Å². The second-order valence-corrected chi connectivity index (χ2v) is 30.6. The number of nitrogens with zero attached hydrogens (tertiary/aromatic N) is 2. The van der Waals surface area contributed by atoms with Crippen molar-refractivity contribution >= 4 is 57.2 Å². The highest BCUT2D eigenvalue weighted by Crippen LogP contribution is 2.54. The van der Waals surface area contributed by atoms with Crippen molar-refractivity contribution in [2.45, 2.75) is 194 Å². The summed E-state index contributed by atoms with van der Waals surface area (Å²) in [6, 6.07) is 63.0. The summed E-state index contributed by atoms with van der Waals surface area (Å²) in [5.74, 6) is 0.274. The molecule has 0 unspecified atom stereocenters. The van der Waals surface area contributed by atoms with Crippen LogP contribution >= 0.6 is 0 Å². The number of hydrogen-bond donors (Lipinski definition) is 0. The molecule has 4 aliphatic rings. The molecule has 0 N–H and O–H groups in total. The van der Waals surface area contributed by atoms with Gasteiger partial charge in [0.1, 0.15) is 0 Å². The van der Waals surface area contributed by atoms with Gasteiger partial charge in [0.15, 0.2) is 0 Å². The largest absolute Gasteiger partial charge is 0.311 e. The third-order valence-electron chi connectivity index (χ3n) is 20.4. The lowest BCUT2D eigenvalue weighted by atomic mass is 9.33. The van der Waals surface area contributed by atoms with E-state index < -0.39 is 0 Å². The quantitative estimate of drug-likeness (QED) is 0.147. The van der Waals surface area contributed by atoms with Crippen molar-refractivity contribution in [3.05, 3.63) is 208 Å². The molecular formula is C78H89BN2. The summed E-state index contributed by atoms with van der Waals surface area (Å²) in [5.41, 5.74) is 29.2. The lowest BCUT2D eigenvalue weighted by Crippen LogP contribution is -2.62. The van der Waals surface area contributed by atoms with Gasteiger partial charge in [-0.05, 0) is 202 Å². The third-order valence-corrected chi connectivity index (χ3v) is 20.4. The Balaban J connectivity index is 1.19. The van der Waals surface area contributed by atoms with Crippen LogP contribution in [0, 0.1) is 0 Å². The zero-order valence-corrected chi connectivity index (χ0v) is 52.4. The molecule has 0 spiro atoms. The molecule has 0 amide bonds. The van der Waals surface area contributed by atoms with Crippen LogP contribution < -0.4 is 26.2 Å². The summed E-state index contributed by atoms with van der Waals surface area (Å²) >= 11 is 0. The van der Waals surface area contributed by atoms with Crippen molar-refractivity contribution in [2.75, 3.05) is 9.80 Å². The Hall–Kier alpha value is -6.58. The molecule has 0 radical (unpaired) electrons. The van der Waals surface area contributed by atoms with Gasteiger partial charge in [-0.15, -0.1) is 0 Å². The molecular weight excluding hydrogens is 976 g/mol. The molecule has 2 aliphatic carbocycles. The molecule has 0 aromatic heterocycles. The molecule has 0 bridgehead atoms. The van der Waals surface area contributed by atoms with E-state index in [-0.39, 0.29) is 50.5 Å². The van der Waals surface area contributed by atoms with E-state index in [1.165, 1.54) is 136 Å². The molecule has 0 atom stereocenters. The Morgan fingerprint density at radius 3 is 1.54 bits per heavy atom. The molecule has 0 saturated heterocycles. The fraction of sp³-hybridized carbons (Fsp3) is 0.385. The third kappa shape index (κ3) is 9.14. The molecule has 0 fully saturated rings. The molecule has 2 nitrogen and oxygen atoms in total. The van der Waals surface area contributed by atoms with Gasteiger partial charge in [-0.3, -0.25) is 0 Å². The van der Waals surface area contributed by atoms with Crippen LogP contribution in [0.3, 0.4) is 0 Å². The first-order valence-corrected chi connectivity index (χ1v) is 30.6. The first-order valence-electron chi connectivity index (χ1n) is 30.6. The molecule has 3 heteroatoms. The summed E-state index contributed by atoms with van der Waals surface area (Å²) < 4.78 is 0. The maximum atomic E-state index is 2.74. The summed E-state index contributed by atoms with van der Waals surface area (Å²) in [5, 5.41) is 0. The fourth-order valence-corrected chi connectivity index (χ4v) is 14.5. The van der Waals surface area contributed by atoms with E-state index in [9.17, 15) is 0 Å². The van der Waals surface area contributed by atoms with Crippen LogP contribution in [-0.4, -0.2) is 6.71 Å². The van der Waals surface area contributed by atoms with Crippen LogP contribution in [0.1, 0.15) is 206 Å². The summed E-state index contributed by atoms with van der Waals surface area (Å²) in [4.78, 5) is 5.46. The number of fused-ring (bicyclic) bond motifs is 6. The zero-order chi connectivity index (χ0) is 57.7. The van der Waals surface area contributed by atoms with Crippen LogP contribution in [-0.2, 0) is 37.9 Å². The van der Waals surface area contributed by atoms with Gasteiger partial charge in [-0.2, -0.15) is 0 Å².